The quantitative estimate of drug-likeness (QED) is 0.931. The zero-order valence-corrected chi connectivity index (χ0v) is 11.3. The van der Waals surface area contributed by atoms with Gasteiger partial charge < -0.3 is 5.73 Å². The van der Waals surface area contributed by atoms with E-state index >= 15 is 0 Å². The van der Waals surface area contributed by atoms with Crippen LogP contribution < -0.4 is 5.73 Å². The number of hydrogen-bond acceptors (Lipinski definition) is 3. The molecule has 0 aromatic carbocycles. The summed E-state index contributed by atoms with van der Waals surface area (Å²) in [6.07, 6.45) is 7.46. The van der Waals surface area contributed by atoms with Crippen LogP contribution in [0.3, 0.4) is 0 Å². The Bertz CT molecular complexity index is 600. The second-order valence-electron chi connectivity index (χ2n) is 5.23. The van der Waals surface area contributed by atoms with Crippen LogP contribution in [0.4, 0.5) is 0 Å². The Morgan fingerprint density at radius 3 is 2.65 bits per heavy atom. The van der Waals surface area contributed by atoms with Gasteiger partial charge in [0.05, 0.1) is 11.7 Å². The van der Waals surface area contributed by atoms with E-state index in [-0.39, 0.29) is 6.04 Å². The molecule has 1 aliphatic rings. The number of hydrogen-bond donors (Lipinski definition) is 1. The summed E-state index contributed by atoms with van der Waals surface area (Å²) in [6.45, 7) is 0. The number of carbonyl (C=O) groups excluding carboxylic acids is 1. The van der Waals surface area contributed by atoms with Gasteiger partial charge in [0, 0.05) is 6.20 Å². The first kappa shape index (κ1) is 12.8. The Kier molecular flexibility index (Phi) is 3.50. The third-order valence-electron chi connectivity index (χ3n) is 3.84. The van der Waals surface area contributed by atoms with Gasteiger partial charge >= 0.3 is 0 Å². The van der Waals surface area contributed by atoms with Gasteiger partial charge in [0.15, 0.2) is 0 Å². The average molecular weight is 270 g/mol. The maximum absolute atomic E-state index is 11.7. The molecule has 104 valence electrons. The normalized spacial score (nSPS) is 16.2. The van der Waals surface area contributed by atoms with E-state index in [1.165, 1.54) is 19.3 Å². The summed E-state index contributed by atoms with van der Waals surface area (Å²) in [4.78, 5) is 15.9. The standard InChI is InChI=1S/C15H18N4O/c16-15(20)14-10-13(12-8-4-5-9-17-12)18-19(14)11-6-2-1-3-7-11/h4-5,8-11H,1-3,6-7H2,(H2,16,20). The predicted molar refractivity (Wildman–Crippen MR) is 76.1 cm³/mol. The average Bonchev–Trinajstić information content (AvgIpc) is 2.94. The second-order valence-corrected chi connectivity index (χ2v) is 5.23. The Labute approximate surface area is 117 Å². The molecule has 2 aromatic heterocycles. The van der Waals surface area contributed by atoms with Crippen LogP contribution in [-0.2, 0) is 0 Å². The van der Waals surface area contributed by atoms with E-state index in [0.717, 1.165) is 18.5 Å². The number of aromatic nitrogens is 3. The van der Waals surface area contributed by atoms with E-state index in [1.54, 1.807) is 12.3 Å². The highest BCUT2D eigenvalue weighted by molar-refractivity contribution is 5.92. The Morgan fingerprint density at radius 1 is 1.20 bits per heavy atom. The van der Waals surface area contributed by atoms with Gasteiger partial charge in [-0.3, -0.25) is 14.5 Å². The number of nitrogens with two attached hydrogens (primary N) is 1. The number of pyridine rings is 1. The fourth-order valence-corrected chi connectivity index (χ4v) is 2.82. The van der Waals surface area contributed by atoms with Crippen molar-refractivity contribution in [1.82, 2.24) is 14.8 Å². The smallest absolute Gasteiger partial charge is 0.267 e. The molecule has 0 radical (unpaired) electrons. The van der Waals surface area contributed by atoms with Gasteiger partial charge in [0.1, 0.15) is 11.4 Å². The Hall–Kier alpha value is -2.17. The molecule has 20 heavy (non-hydrogen) atoms. The lowest BCUT2D eigenvalue weighted by molar-refractivity contribution is 0.0985. The van der Waals surface area contributed by atoms with Gasteiger partial charge in [-0.15, -0.1) is 0 Å². The molecule has 0 saturated heterocycles. The highest BCUT2D eigenvalue weighted by atomic mass is 16.1. The lowest BCUT2D eigenvalue weighted by Gasteiger charge is -2.23. The number of primary amides is 1. The first-order valence-corrected chi connectivity index (χ1v) is 7.06. The Balaban J connectivity index is 2.00. The minimum atomic E-state index is -0.426. The van der Waals surface area contributed by atoms with Crippen LogP contribution in [0.5, 0.6) is 0 Å². The van der Waals surface area contributed by atoms with E-state index < -0.39 is 5.91 Å². The molecule has 2 heterocycles. The summed E-state index contributed by atoms with van der Waals surface area (Å²) in [7, 11) is 0. The van der Waals surface area contributed by atoms with E-state index in [2.05, 4.69) is 10.1 Å². The van der Waals surface area contributed by atoms with Crippen LogP contribution in [0.1, 0.15) is 48.6 Å². The van der Waals surface area contributed by atoms with Crippen LogP contribution in [0.25, 0.3) is 11.4 Å². The molecule has 0 bridgehead atoms. The molecule has 1 aliphatic carbocycles. The molecule has 5 nitrogen and oxygen atoms in total. The molecule has 2 N–H and O–H groups in total. The van der Waals surface area contributed by atoms with Gasteiger partial charge in [-0.1, -0.05) is 25.3 Å². The van der Waals surface area contributed by atoms with Crippen molar-refractivity contribution in [3.63, 3.8) is 0 Å². The summed E-state index contributed by atoms with van der Waals surface area (Å²) in [5.41, 5.74) is 7.46. The molecular formula is C15H18N4O. The van der Waals surface area contributed by atoms with Crippen LogP contribution in [-0.4, -0.2) is 20.7 Å². The second kappa shape index (κ2) is 5.45. The largest absolute Gasteiger partial charge is 0.364 e. The molecule has 0 atom stereocenters. The zero-order chi connectivity index (χ0) is 13.9. The van der Waals surface area contributed by atoms with Crippen molar-refractivity contribution in [3.8, 4) is 11.4 Å². The van der Waals surface area contributed by atoms with Crippen LogP contribution in [0.15, 0.2) is 30.5 Å². The van der Waals surface area contributed by atoms with Crippen molar-refractivity contribution in [3.05, 3.63) is 36.2 Å². The van der Waals surface area contributed by atoms with Gasteiger partial charge in [0.2, 0.25) is 0 Å². The molecule has 1 fully saturated rings. The molecule has 0 unspecified atom stereocenters. The van der Waals surface area contributed by atoms with E-state index in [0.29, 0.717) is 11.4 Å². The van der Waals surface area contributed by atoms with Gasteiger partial charge in [-0.05, 0) is 31.0 Å². The molecule has 2 aromatic rings. The maximum Gasteiger partial charge on any atom is 0.267 e. The molecule has 0 aliphatic heterocycles. The molecule has 3 rings (SSSR count). The van der Waals surface area contributed by atoms with Crippen LogP contribution in [0.2, 0.25) is 0 Å². The van der Waals surface area contributed by atoms with Crippen LogP contribution in [0, 0.1) is 0 Å². The summed E-state index contributed by atoms with van der Waals surface area (Å²) in [5, 5.41) is 4.58. The molecular weight excluding hydrogens is 252 g/mol. The number of nitrogens with zero attached hydrogens (tertiary/aromatic N) is 3. The minimum absolute atomic E-state index is 0.281. The zero-order valence-electron chi connectivity index (χ0n) is 11.3. The summed E-state index contributed by atoms with van der Waals surface area (Å²) >= 11 is 0. The monoisotopic (exact) mass is 270 g/mol. The lowest BCUT2D eigenvalue weighted by Crippen LogP contribution is -2.22. The van der Waals surface area contributed by atoms with Crippen molar-refractivity contribution in [2.24, 2.45) is 5.73 Å². The van der Waals surface area contributed by atoms with Crippen molar-refractivity contribution in [2.75, 3.05) is 0 Å². The topological polar surface area (TPSA) is 73.8 Å². The lowest BCUT2D eigenvalue weighted by atomic mass is 9.95. The fraction of sp³-hybridized carbons (Fsp3) is 0.400. The van der Waals surface area contributed by atoms with Gasteiger partial charge in [-0.25, -0.2) is 0 Å². The maximum atomic E-state index is 11.7. The first-order valence-electron chi connectivity index (χ1n) is 7.06. The van der Waals surface area contributed by atoms with Gasteiger partial charge in [-0.2, -0.15) is 5.10 Å². The third kappa shape index (κ3) is 2.43. The summed E-state index contributed by atoms with van der Waals surface area (Å²) < 4.78 is 1.81. The molecule has 1 amide bonds. The van der Waals surface area contributed by atoms with Crippen molar-refractivity contribution < 1.29 is 4.79 Å². The SMILES string of the molecule is NC(=O)c1cc(-c2ccccn2)nn1C1CCCCC1. The van der Waals surface area contributed by atoms with E-state index in [9.17, 15) is 4.79 Å². The van der Waals surface area contributed by atoms with Crippen molar-refractivity contribution in [1.29, 1.82) is 0 Å². The van der Waals surface area contributed by atoms with E-state index in [1.807, 2.05) is 22.9 Å². The van der Waals surface area contributed by atoms with Crippen LogP contribution >= 0.6 is 0 Å². The summed E-state index contributed by atoms with van der Waals surface area (Å²) in [5.74, 6) is -0.426. The number of amides is 1. The highest BCUT2D eigenvalue weighted by Gasteiger charge is 2.22. The predicted octanol–water partition coefficient (Wildman–Crippen LogP) is 2.55. The van der Waals surface area contributed by atoms with Gasteiger partial charge in [0.25, 0.3) is 5.91 Å². The first-order chi connectivity index (χ1) is 9.75. The van der Waals surface area contributed by atoms with Crippen molar-refractivity contribution in [2.45, 2.75) is 38.1 Å². The molecule has 0 spiro atoms. The summed E-state index contributed by atoms with van der Waals surface area (Å²) in [6, 6.07) is 7.68. The Morgan fingerprint density at radius 2 is 2.00 bits per heavy atom. The number of rotatable bonds is 3. The number of carbonyl (C=O) groups is 1. The fourth-order valence-electron chi connectivity index (χ4n) is 2.82. The van der Waals surface area contributed by atoms with Crippen molar-refractivity contribution >= 4 is 5.91 Å². The highest BCUT2D eigenvalue weighted by Crippen LogP contribution is 2.30. The molecule has 1 saturated carbocycles. The third-order valence-corrected chi connectivity index (χ3v) is 3.84. The minimum Gasteiger partial charge on any atom is -0.364 e. The molecule has 5 heteroatoms. The van der Waals surface area contributed by atoms with E-state index in [4.69, 9.17) is 5.73 Å².